The van der Waals surface area contributed by atoms with E-state index in [2.05, 4.69) is 45.6 Å². The number of hydrogen-bond acceptors (Lipinski definition) is 3. The SMILES string of the molecule is Cc1ncc(CN[C@@H]2[C@@H]3CCC[C@@H]3[C@@H]2c2ccccc2)cn1. The van der Waals surface area contributed by atoms with E-state index < -0.39 is 0 Å². The number of rotatable bonds is 4. The highest BCUT2D eigenvalue weighted by Crippen LogP contribution is 2.55. The van der Waals surface area contributed by atoms with Crippen molar-refractivity contribution < 1.29 is 0 Å². The summed E-state index contributed by atoms with van der Waals surface area (Å²) in [4.78, 5) is 8.59. The van der Waals surface area contributed by atoms with E-state index in [9.17, 15) is 0 Å². The summed E-state index contributed by atoms with van der Waals surface area (Å²) in [6.45, 7) is 2.80. The minimum atomic E-state index is 0.608. The summed E-state index contributed by atoms with van der Waals surface area (Å²) < 4.78 is 0. The number of hydrogen-bond donors (Lipinski definition) is 1. The molecule has 0 aliphatic heterocycles. The summed E-state index contributed by atoms with van der Waals surface area (Å²) >= 11 is 0. The average Bonchev–Trinajstić information content (AvgIpc) is 2.94. The first-order valence-corrected chi connectivity index (χ1v) is 8.39. The van der Waals surface area contributed by atoms with E-state index in [4.69, 9.17) is 0 Å². The van der Waals surface area contributed by atoms with Crippen LogP contribution in [0.4, 0.5) is 0 Å². The molecule has 0 bridgehead atoms. The van der Waals surface area contributed by atoms with Crippen molar-refractivity contribution in [2.24, 2.45) is 11.8 Å². The van der Waals surface area contributed by atoms with Gasteiger partial charge in [0.2, 0.25) is 0 Å². The third kappa shape index (κ3) is 2.44. The van der Waals surface area contributed by atoms with Crippen molar-refractivity contribution >= 4 is 0 Å². The van der Waals surface area contributed by atoms with E-state index in [0.717, 1.165) is 24.2 Å². The third-order valence-electron chi connectivity index (χ3n) is 5.50. The summed E-state index contributed by atoms with van der Waals surface area (Å²) in [5.74, 6) is 3.26. The van der Waals surface area contributed by atoms with E-state index >= 15 is 0 Å². The summed E-state index contributed by atoms with van der Waals surface area (Å²) in [6, 6.07) is 11.6. The van der Waals surface area contributed by atoms with Gasteiger partial charge in [-0.3, -0.25) is 0 Å². The number of aromatic nitrogens is 2. The van der Waals surface area contributed by atoms with Crippen molar-refractivity contribution in [3.63, 3.8) is 0 Å². The quantitative estimate of drug-likeness (QED) is 0.938. The van der Waals surface area contributed by atoms with Crippen molar-refractivity contribution in [3.8, 4) is 0 Å². The molecule has 0 unspecified atom stereocenters. The molecule has 3 heteroatoms. The zero-order valence-corrected chi connectivity index (χ0v) is 13.1. The zero-order valence-electron chi connectivity index (χ0n) is 13.1. The second-order valence-corrected chi connectivity index (χ2v) is 6.74. The number of aryl methyl sites for hydroxylation is 1. The molecule has 4 atom stereocenters. The lowest BCUT2D eigenvalue weighted by molar-refractivity contribution is 0.0940. The van der Waals surface area contributed by atoms with Crippen LogP contribution in [-0.4, -0.2) is 16.0 Å². The fourth-order valence-electron chi connectivity index (χ4n) is 4.45. The topological polar surface area (TPSA) is 37.8 Å². The Bertz CT molecular complexity index is 623. The van der Waals surface area contributed by atoms with Crippen LogP contribution >= 0.6 is 0 Å². The summed E-state index contributed by atoms with van der Waals surface area (Å²) in [6.07, 6.45) is 8.06. The monoisotopic (exact) mass is 293 g/mol. The predicted octanol–water partition coefficient (Wildman–Crippen LogP) is 3.46. The van der Waals surface area contributed by atoms with Gasteiger partial charge in [0.25, 0.3) is 0 Å². The molecule has 0 amide bonds. The molecule has 22 heavy (non-hydrogen) atoms. The van der Waals surface area contributed by atoms with E-state index in [0.29, 0.717) is 12.0 Å². The van der Waals surface area contributed by atoms with Crippen molar-refractivity contribution in [1.82, 2.24) is 15.3 Å². The lowest BCUT2D eigenvalue weighted by atomic mass is 9.60. The lowest BCUT2D eigenvalue weighted by Crippen LogP contribution is -2.54. The highest BCUT2D eigenvalue weighted by atomic mass is 15.0. The molecule has 2 aromatic rings. The van der Waals surface area contributed by atoms with Crippen LogP contribution in [0.1, 0.15) is 42.1 Å². The third-order valence-corrected chi connectivity index (χ3v) is 5.50. The Balaban J connectivity index is 1.48. The second kappa shape index (κ2) is 5.81. The van der Waals surface area contributed by atoms with E-state index in [1.54, 1.807) is 0 Å². The largest absolute Gasteiger partial charge is 0.309 e. The maximum absolute atomic E-state index is 4.29. The number of nitrogens with zero attached hydrogens (tertiary/aromatic N) is 2. The van der Waals surface area contributed by atoms with Crippen molar-refractivity contribution in [2.75, 3.05) is 0 Å². The van der Waals surface area contributed by atoms with Gasteiger partial charge in [-0.2, -0.15) is 0 Å². The van der Waals surface area contributed by atoms with Gasteiger partial charge in [-0.15, -0.1) is 0 Å². The van der Waals surface area contributed by atoms with Crippen LogP contribution in [-0.2, 0) is 6.54 Å². The van der Waals surface area contributed by atoms with Crippen LogP contribution in [0.15, 0.2) is 42.7 Å². The molecule has 2 fully saturated rings. The highest BCUT2D eigenvalue weighted by molar-refractivity contribution is 5.28. The Morgan fingerprint density at radius 3 is 2.55 bits per heavy atom. The van der Waals surface area contributed by atoms with Crippen LogP contribution in [0.3, 0.4) is 0 Å². The van der Waals surface area contributed by atoms with Gasteiger partial charge >= 0.3 is 0 Å². The van der Waals surface area contributed by atoms with Gasteiger partial charge in [0.1, 0.15) is 5.82 Å². The van der Waals surface area contributed by atoms with Gasteiger partial charge in [-0.05, 0) is 37.2 Å². The average molecular weight is 293 g/mol. The Labute approximate surface area is 132 Å². The first kappa shape index (κ1) is 13.9. The molecule has 114 valence electrons. The number of benzene rings is 1. The molecule has 0 spiro atoms. The molecule has 2 aliphatic rings. The highest BCUT2D eigenvalue weighted by Gasteiger charge is 2.52. The van der Waals surface area contributed by atoms with E-state index in [1.807, 2.05) is 19.3 Å². The van der Waals surface area contributed by atoms with Gasteiger partial charge in [0.05, 0.1) is 0 Å². The first-order chi connectivity index (χ1) is 10.8. The minimum absolute atomic E-state index is 0.608. The van der Waals surface area contributed by atoms with Crippen LogP contribution < -0.4 is 5.32 Å². The second-order valence-electron chi connectivity index (χ2n) is 6.74. The summed E-state index contributed by atoms with van der Waals surface area (Å²) in [5.41, 5.74) is 2.68. The number of fused-ring (bicyclic) bond motifs is 1. The fraction of sp³-hybridized carbons (Fsp3) is 0.474. The molecule has 1 N–H and O–H groups in total. The zero-order chi connectivity index (χ0) is 14.9. The molecule has 3 nitrogen and oxygen atoms in total. The molecule has 2 aliphatic carbocycles. The molecule has 1 heterocycles. The maximum Gasteiger partial charge on any atom is 0.125 e. The smallest absolute Gasteiger partial charge is 0.125 e. The molecule has 0 radical (unpaired) electrons. The Hall–Kier alpha value is -1.74. The maximum atomic E-state index is 4.29. The van der Waals surface area contributed by atoms with Crippen LogP contribution in [0, 0.1) is 18.8 Å². The van der Waals surface area contributed by atoms with Gasteiger partial charge in [0.15, 0.2) is 0 Å². The van der Waals surface area contributed by atoms with Gasteiger partial charge in [0, 0.05) is 36.5 Å². The Kier molecular flexibility index (Phi) is 3.67. The molecular formula is C19H23N3. The van der Waals surface area contributed by atoms with Crippen molar-refractivity contribution in [1.29, 1.82) is 0 Å². The van der Waals surface area contributed by atoms with E-state index in [-0.39, 0.29) is 0 Å². The lowest BCUT2D eigenvalue weighted by Gasteiger charge is -2.50. The van der Waals surface area contributed by atoms with Crippen molar-refractivity contribution in [2.45, 2.75) is 44.7 Å². The van der Waals surface area contributed by atoms with Crippen molar-refractivity contribution in [3.05, 3.63) is 59.7 Å². The standard InChI is InChI=1S/C19H23N3/c1-13-20-10-14(11-21-13)12-22-19-17-9-5-8-16(17)18(19)15-6-3-2-4-7-15/h2-4,6-7,10-11,16-19,22H,5,8-9,12H2,1H3/t16-,17+,18-,19+/m0/s1. The molecule has 2 saturated carbocycles. The summed E-state index contributed by atoms with van der Waals surface area (Å²) in [5, 5.41) is 3.79. The minimum Gasteiger partial charge on any atom is -0.309 e. The van der Waals surface area contributed by atoms with Crippen LogP contribution in [0.25, 0.3) is 0 Å². The molecule has 1 aromatic carbocycles. The predicted molar refractivity (Wildman–Crippen MR) is 87.4 cm³/mol. The molecule has 0 saturated heterocycles. The molecule has 1 aromatic heterocycles. The van der Waals surface area contributed by atoms with Gasteiger partial charge in [-0.25, -0.2) is 9.97 Å². The number of nitrogens with one attached hydrogen (secondary N) is 1. The van der Waals surface area contributed by atoms with Crippen LogP contribution in [0.5, 0.6) is 0 Å². The Morgan fingerprint density at radius 1 is 1.05 bits per heavy atom. The summed E-state index contributed by atoms with van der Waals surface area (Å²) in [7, 11) is 0. The normalized spacial score (nSPS) is 29.9. The molecular weight excluding hydrogens is 270 g/mol. The first-order valence-electron chi connectivity index (χ1n) is 8.39. The molecule has 4 rings (SSSR count). The fourth-order valence-corrected chi connectivity index (χ4v) is 4.45. The van der Waals surface area contributed by atoms with Gasteiger partial charge < -0.3 is 5.32 Å². The Morgan fingerprint density at radius 2 is 1.77 bits per heavy atom. The van der Waals surface area contributed by atoms with Gasteiger partial charge in [-0.1, -0.05) is 36.8 Å². The van der Waals surface area contributed by atoms with Crippen LogP contribution in [0.2, 0.25) is 0 Å². The van der Waals surface area contributed by atoms with E-state index in [1.165, 1.54) is 30.4 Å².